The van der Waals surface area contributed by atoms with Crippen molar-refractivity contribution in [2.24, 2.45) is 0 Å². The summed E-state index contributed by atoms with van der Waals surface area (Å²) in [4.78, 5) is 0. The highest BCUT2D eigenvalue weighted by atomic mass is 32.2. The largest absolute Gasteiger partial charge is 0.336 e. The SMILES string of the molecule is CCCc1nnc(SCC#N)n1N. The van der Waals surface area contributed by atoms with Gasteiger partial charge in [0.25, 0.3) is 0 Å². The van der Waals surface area contributed by atoms with E-state index in [9.17, 15) is 0 Å². The summed E-state index contributed by atoms with van der Waals surface area (Å²) in [6.07, 6.45) is 1.80. The van der Waals surface area contributed by atoms with Crippen LogP contribution in [0.3, 0.4) is 0 Å². The Labute approximate surface area is 80.9 Å². The van der Waals surface area contributed by atoms with E-state index in [4.69, 9.17) is 11.1 Å². The predicted molar refractivity (Wildman–Crippen MR) is 50.5 cm³/mol. The van der Waals surface area contributed by atoms with E-state index in [0.717, 1.165) is 18.7 Å². The number of aryl methyl sites for hydroxylation is 1. The van der Waals surface area contributed by atoms with E-state index >= 15 is 0 Å². The molecule has 0 unspecified atom stereocenters. The number of thioether (sulfide) groups is 1. The maximum Gasteiger partial charge on any atom is 0.210 e. The van der Waals surface area contributed by atoms with Gasteiger partial charge >= 0.3 is 0 Å². The fourth-order valence-electron chi connectivity index (χ4n) is 0.897. The molecule has 0 saturated heterocycles. The van der Waals surface area contributed by atoms with Crippen molar-refractivity contribution in [2.75, 3.05) is 11.6 Å². The molecular formula is C7H11N5S. The van der Waals surface area contributed by atoms with Gasteiger partial charge in [-0.2, -0.15) is 5.26 Å². The Morgan fingerprint density at radius 3 is 3.00 bits per heavy atom. The first-order valence-corrected chi connectivity index (χ1v) is 4.97. The molecule has 0 aliphatic heterocycles. The average Bonchev–Trinajstić information content (AvgIpc) is 2.46. The molecule has 5 nitrogen and oxygen atoms in total. The van der Waals surface area contributed by atoms with Crippen LogP contribution in [0.4, 0.5) is 0 Å². The standard InChI is InChI=1S/C7H11N5S/c1-2-3-6-10-11-7(12(6)9)13-5-4-8/h2-3,5,9H2,1H3. The van der Waals surface area contributed by atoms with Crippen molar-refractivity contribution >= 4 is 11.8 Å². The van der Waals surface area contributed by atoms with Crippen molar-refractivity contribution < 1.29 is 0 Å². The summed E-state index contributed by atoms with van der Waals surface area (Å²) in [5.74, 6) is 6.81. The lowest BCUT2D eigenvalue weighted by atomic mass is 10.3. The third kappa shape index (κ3) is 2.36. The van der Waals surface area contributed by atoms with Crippen LogP contribution in [0.2, 0.25) is 0 Å². The van der Waals surface area contributed by atoms with Gasteiger partial charge in [-0.15, -0.1) is 10.2 Å². The van der Waals surface area contributed by atoms with Crippen LogP contribution in [-0.4, -0.2) is 20.6 Å². The summed E-state index contributed by atoms with van der Waals surface area (Å²) in [5.41, 5.74) is 0. The van der Waals surface area contributed by atoms with Crippen LogP contribution < -0.4 is 5.84 Å². The Morgan fingerprint density at radius 2 is 2.38 bits per heavy atom. The molecule has 1 aromatic heterocycles. The predicted octanol–water partition coefficient (Wildman–Crippen LogP) is 0.560. The fraction of sp³-hybridized carbons (Fsp3) is 0.571. The van der Waals surface area contributed by atoms with Crippen LogP contribution in [0.15, 0.2) is 5.16 Å². The molecule has 1 aromatic rings. The Hall–Kier alpha value is -1.22. The topological polar surface area (TPSA) is 80.5 Å². The summed E-state index contributed by atoms with van der Waals surface area (Å²) in [6, 6.07) is 2.01. The Kier molecular flexibility index (Phi) is 3.58. The van der Waals surface area contributed by atoms with Gasteiger partial charge in [0.2, 0.25) is 5.16 Å². The molecule has 0 aliphatic rings. The molecule has 2 N–H and O–H groups in total. The minimum absolute atomic E-state index is 0.349. The third-order valence-corrected chi connectivity index (χ3v) is 2.28. The monoisotopic (exact) mass is 197 g/mol. The van der Waals surface area contributed by atoms with Gasteiger partial charge < -0.3 is 5.84 Å². The van der Waals surface area contributed by atoms with Crippen molar-refractivity contribution in [1.29, 1.82) is 5.26 Å². The van der Waals surface area contributed by atoms with Crippen molar-refractivity contribution in [1.82, 2.24) is 14.9 Å². The first kappa shape index (κ1) is 9.86. The van der Waals surface area contributed by atoms with Crippen LogP contribution in [-0.2, 0) is 6.42 Å². The number of nitrogens with two attached hydrogens (primary N) is 1. The second kappa shape index (κ2) is 4.72. The van der Waals surface area contributed by atoms with E-state index in [2.05, 4.69) is 17.1 Å². The van der Waals surface area contributed by atoms with Crippen molar-refractivity contribution in [3.8, 4) is 6.07 Å². The molecule has 0 aromatic carbocycles. The Morgan fingerprint density at radius 1 is 1.62 bits per heavy atom. The van der Waals surface area contributed by atoms with E-state index in [0.29, 0.717) is 10.9 Å². The molecule has 0 aliphatic carbocycles. The van der Waals surface area contributed by atoms with Crippen molar-refractivity contribution in [2.45, 2.75) is 24.9 Å². The second-order valence-electron chi connectivity index (χ2n) is 2.47. The molecule has 0 bridgehead atoms. The van der Waals surface area contributed by atoms with Gasteiger partial charge in [0.1, 0.15) is 0 Å². The van der Waals surface area contributed by atoms with Crippen LogP contribution in [0.5, 0.6) is 0 Å². The molecule has 13 heavy (non-hydrogen) atoms. The van der Waals surface area contributed by atoms with Gasteiger partial charge in [0.15, 0.2) is 5.82 Å². The Balaban J connectivity index is 2.69. The van der Waals surface area contributed by atoms with Gasteiger partial charge in [0.05, 0.1) is 11.8 Å². The third-order valence-electron chi connectivity index (χ3n) is 1.47. The molecule has 0 saturated carbocycles. The molecule has 0 fully saturated rings. The first-order chi connectivity index (χ1) is 6.29. The first-order valence-electron chi connectivity index (χ1n) is 3.98. The summed E-state index contributed by atoms with van der Waals surface area (Å²) in [5, 5.41) is 16.7. The molecule has 0 amide bonds. The van der Waals surface area contributed by atoms with Gasteiger partial charge in [-0.25, -0.2) is 4.68 Å². The number of nitriles is 1. The highest BCUT2D eigenvalue weighted by Crippen LogP contribution is 2.13. The van der Waals surface area contributed by atoms with Crippen LogP contribution in [0, 0.1) is 11.3 Å². The number of nitrogen functional groups attached to an aromatic ring is 1. The maximum atomic E-state index is 8.36. The van der Waals surface area contributed by atoms with Gasteiger partial charge in [-0.05, 0) is 6.42 Å². The molecule has 0 spiro atoms. The van der Waals surface area contributed by atoms with Crippen LogP contribution >= 0.6 is 11.8 Å². The van der Waals surface area contributed by atoms with E-state index in [-0.39, 0.29) is 0 Å². The van der Waals surface area contributed by atoms with E-state index in [1.807, 2.05) is 6.07 Å². The zero-order chi connectivity index (χ0) is 9.68. The van der Waals surface area contributed by atoms with Crippen LogP contribution in [0.1, 0.15) is 19.2 Å². The molecule has 1 heterocycles. The van der Waals surface area contributed by atoms with Gasteiger partial charge in [-0.3, -0.25) is 0 Å². The van der Waals surface area contributed by atoms with Crippen molar-refractivity contribution in [3.63, 3.8) is 0 Å². The fourth-order valence-corrected chi connectivity index (χ4v) is 1.43. The van der Waals surface area contributed by atoms with E-state index < -0.39 is 0 Å². The molecular weight excluding hydrogens is 186 g/mol. The normalized spacial score (nSPS) is 9.85. The number of hydrogen-bond acceptors (Lipinski definition) is 5. The Bertz CT molecular complexity index is 313. The number of rotatable bonds is 4. The molecule has 0 atom stereocenters. The minimum atomic E-state index is 0.349. The smallest absolute Gasteiger partial charge is 0.210 e. The quantitative estimate of drug-likeness (QED) is 0.563. The van der Waals surface area contributed by atoms with Crippen molar-refractivity contribution in [3.05, 3.63) is 5.82 Å². The number of hydrogen-bond donors (Lipinski definition) is 1. The lowest BCUT2D eigenvalue weighted by Crippen LogP contribution is -2.13. The van der Waals surface area contributed by atoms with Gasteiger partial charge in [-0.1, -0.05) is 18.7 Å². The highest BCUT2D eigenvalue weighted by molar-refractivity contribution is 7.99. The zero-order valence-corrected chi connectivity index (χ0v) is 8.21. The summed E-state index contributed by atoms with van der Waals surface area (Å²) in [6.45, 7) is 2.05. The number of nitrogens with zero attached hydrogens (tertiary/aromatic N) is 4. The lowest BCUT2D eigenvalue weighted by molar-refractivity contribution is 0.757. The summed E-state index contributed by atoms with van der Waals surface area (Å²) < 4.78 is 1.45. The molecule has 70 valence electrons. The van der Waals surface area contributed by atoms with Crippen LogP contribution in [0.25, 0.3) is 0 Å². The number of aromatic nitrogens is 3. The molecule has 0 radical (unpaired) electrons. The lowest BCUT2D eigenvalue weighted by Gasteiger charge is -1.99. The highest BCUT2D eigenvalue weighted by Gasteiger charge is 2.08. The zero-order valence-electron chi connectivity index (χ0n) is 7.40. The molecule has 6 heteroatoms. The van der Waals surface area contributed by atoms with E-state index in [1.165, 1.54) is 16.4 Å². The molecule has 1 rings (SSSR count). The average molecular weight is 197 g/mol. The van der Waals surface area contributed by atoms with E-state index in [1.54, 1.807) is 0 Å². The summed E-state index contributed by atoms with van der Waals surface area (Å²) in [7, 11) is 0. The minimum Gasteiger partial charge on any atom is -0.336 e. The van der Waals surface area contributed by atoms with Gasteiger partial charge in [0, 0.05) is 6.42 Å². The second-order valence-corrected chi connectivity index (χ2v) is 3.41. The summed E-state index contributed by atoms with van der Waals surface area (Å²) >= 11 is 1.30. The maximum absolute atomic E-state index is 8.36.